The second-order valence-electron chi connectivity index (χ2n) is 4.05. The number of esters is 1. The van der Waals surface area contributed by atoms with E-state index >= 15 is 0 Å². The maximum absolute atomic E-state index is 11.4. The van der Waals surface area contributed by atoms with Crippen LogP contribution in [0.25, 0.3) is 0 Å². The molecule has 0 aliphatic carbocycles. The van der Waals surface area contributed by atoms with Crippen LogP contribution in [0.15, 0.2) is 22.7 Å². The number of hydrogen-bond acceptors (Lipinski definition) is 4. The van der Waals surface area contributed by atoms with Gasteiger partial charge in [-0.1, -0.05) is 28.9 Å². The van der Waals surface area contributed by atoms with Crippen LogP contribution in [0.1, 0.15) is 29.8 Å². The van der Waals surface area contributed by atoms with Crippen LogP contribution in [-0.2, 0) is 10.5 Å². The Bertz CT molecular complexity index is 421. The van der Waals surface area contributed by atoms with Crippen LogP contribution in [0.3, 0.4) is 0 Å². The molecule has 0 saturated carbocycles. The zero-order chi connectivity index (χ0) is 13.7. The number of thioether (sulfide) groups is 1. The third-order valence-corrected chi connectivity index (χ3v) is 4.79. The van der Waals surface area contributed by atoms with E-state index in [1.165, 1.54) is 7.11 Å². The number of ether oxygens (including phenoxy) is 1. The van der Waals surface area contributed by atoms with E-state index in [0.717, 1.165) is 15.8 Å². The first-order chi connectivity index (χ1) is 8.45. The van der Waals surface area contributed by atoms with Crippen molar-refractivity contribution in [3.05, 3.63) is 33.8 Å². The zero-order valence-electron chi connectivity index (χ0n) is 10.6. The Morgan fingerprint density at radius 1 is 1.50 bits per heavy atom. The first-order valence-electron chi connectivity index (χ1n) is 5.62. The predicted molar refractivity (Wildman–Crippen MR) is 77.9 cm³/mol. The maximum Gasteiger partial charge on any atom is 0.337 e. The monoisotopic (exact) mass is 332 g/mol. The molecule has 2 unspecified atom stereocenters. The van der Waals surface area contributed by atoms with Gasteiger partial charge in [0.25, 0.3) is 0 Å². The van der Waals surface area contributed by atoms with E-state index in [0.29, 0.717) is 5.56 Å². The summed E-state index contributed by atoms with van der Waals surface area (Å²) >= 11 is 5.12. The smallest absolute Gasteiger partial charge is 0.337 e. The van der Waals surface area contributed by atoms with Crippen LogP contribution in [0, 0.1) is 0 Å². The van der Waals surface area contributed by atoms with Crippen molar-refractivity contribution in [1.29, 1.82) is 0 Å². The first kappa shape index (κ1) is 15.5. The van der Waals surface area contributed by atoms with Gasteiger partial charge < -0.3 is 9.84 Å². The Morgan fingerprint density at radius 3 is 2.67 bits per heavy atom. The number of benzene rings is 1. The quantitative estimate of drug-likeness (QED) is 0.841. The summed E-state index contributed by atoms with van der Waals surface area (Å²) in [6, 6.07) is 5.41. The van der Waals surface area contributed by atoms with Crippen molar-refractivity contribution in [2.24, 2.45) is 0 Å². The fourth-order valence-corrected chi connectivity index (χ4v) is 2.95. The summed E-state index contributed by atoms with van der Waals surface area (Å²) in [4.78, 5) is 11.4. The molecular weight excluding hydrogens is 316 g/mol. The molecule has 0 aliphatic rings. The van der Waals surface area contributed by atoms with Gasteiger partial charge in [0.15, 0.2) is 0 Å². The van der Waals surface area contributed by atoms with E-state index in [4.69, 9.17) is 0 Å². The second kappa shape index (κ2) is 7.16. The van der Waals surface area contributed by atoms with Crippen molar-refractivity contribution in [2.45, 2.75) is 31.0 Å². The number of carbonyl (C=O) groups is 1. The molecule has 1 rings (SSSR count). The molecule has 100 valence electrons. The maximum atomic E-state index is 11.4. The number of hydrogen-bond donors (Lipinski definition) is 1. The van der Waals surface area contributed by atoms with Gasteiger partial charge in [-0.05, 0) is 24.6 Å². The van der Waals surface area contributed by atoms with Gasteiger partial charge in [-0.25, -0.2) is 4.79 Å². The molecule has 1 aromatic carbocycles. The molecule has 18 heavy (non-hydrogen) atoms. The minimum Gasteiger partial charge on any atom is -0.465 e. The summed E-state index contributed by atoms with van der Waals surface area (Å²) in [7, 11) is 1.37. The highest BCUT2D eigenvalue weighted by atomic mass is 79.9. The van der Waals surface area contributed by atoms with E-state index in [2.05, 4.69) is 20.7 Å². The van der Waals surface area contributed by atoms with E-state index in [1.54, 1.807) is 30.8 Å². The number of halogens is 1. The fourth-order valence-electron chi connectivity index (χ4n) is 1.27. The molecule has 0 radical (unpaired) electrons. The van der Waals surface area contributed by atoms with Gasteiger partial charge in [-0.3, -0.25) is 0 Å². The number of aliphatic hydroxyl groups excluding tert-OH is 1. The highest BCUT2D eigenvalue weighted by Crippen LogP contribution is 2.26. The minimum atomic E-state index is -0.341. The molecule has 2 atom stereocenters. The lowest BCUT2D eigenvalue weighted by Crippen LogP contribution is -2.15. The lowest BCUT2D eigenvalue weighted by atomic mass is 10.1. The van der Waals surface area contributed by atoms with Crippen LogP contribution < -0.4 is 0 Å². The van der Waals surface area contributed by atoms with Crippen molar-refractivity contribution in [1.82, 2.24) is 0 Å². The van der Waals surface area contributed by atoms with Crippen LogP contribution in [0.2, 0.25) is 0 Å². The van der Waals surface area contributed by atoms with Crippen molar-refractivity contribution in [2.75, 3.05) is 7.11 Å². The molecule has 0 amide bonds. The number of rotatable bonds is 5. The summed E-state index contributed by atoms with van der Waals surface area (Å²) in [5.41, 5.74) is 1.63. The Morgan fingerprint density at radius 2 is 2.17 bits per heavy atom. The third kappa shape index (κ3) is 4.30. The lowest BCUT2D eigenvalue weighted by molar-refractivity contribution is 0.0600. The van der Waals surface area contributed by atoms with Gasteiger partial charge in [0.05, 0.1) is 18.8 Å². The molecule has 0 spiro atoms. The Kier molecular flexibility index (Phi) is 6.18. The molecular formula is C13H17BrO3S. The van der Waals surface area contributed by atoms with Crippen molar-refractivity contribution < 1.29 is 14.6 Å². The van der Waals surface area contributed by atoms with Crippen molar-refractivity contribution >= 4 is 33.7 Å². The number of methoxy groups -OCH3 is 1. The highest BCUT2D eigenvalue weighted by molar-refractivity contribution is 9.10. The van der Waals surface area contributed by atoms with Crippen molar-refractivity contribution in [3.63, 3.8) is 0 Å². The van der Waals surface area contributed by atoms with Crippen molar-refractivity contribution in [3.8, 4) is 0 Å². The van der Waals surface area contributed by atoms with Crippen LogP contribution in [0.4, 0.5) is 0 Å². The van der Waals surface area contributed by atoms with Gasteiger partial charge in [-0.15, -0.1) is 0 Å². The first-order valence-corrected chi connectivity index (χ1v) is 7.46. The Balaban J connectivity index is 2.71. The average Bonchev–Trinajstić information content (AvgIpc) is 2.35. The molecule has 1 N–H and O–H groups in total. The fraction of sp³-hybridized carbons (Fsp3) is 0.462. The molecule has 0 heterocycles. The molecule has 0 aromatic heterocycles. The summed E-state index contributed by atoms with van der Waals surface area (Å²) in [6.45, 7) is 3.78. The topological polar surface area (TPSA) is 46.5 Å². The molecule has 0 saturated heterocycles. The van der Waals surface area contributed by atoms with Gasteiger partial charge in [0.2, 0.25) is 0 Å². The third-order valence-electron chi connectivity index (χ3n) is 2.66. The van der Waals surface area contributed by atoms with E-state index in [9.17, 15) is 9.90 Å². The van der Waals surface area contributed by atoms with Crippen LogP contribution in [-0.4, -0.2) is 29.5 Å². The average molecular weight is 333 g/mol. The molecule has 0 bridgehead atoms. The standard InChI is InChI=1S/C13H17BrO3S/c1-8(15)9(2)18-7-11-5-4-10(6-12(11)14)13(16)17-3/h4-6,8-9,15H,7H2,1-3H3. The molecule has 5 heteroatoms. The van der Waals surface area contributed by atoms with Crippen LogP contribution >= 0.6 is 27.7 Å². The summed E-state index contributed by atoms with van der Waals surface area (Å²) in [5.74, 6) is 0.445. The number of aliphatic hydroxyl groups is 1. The predicted octanol–water partition coefficient (Wildman–Crippen LogP) is 3.24. The van der Waals surface area contributed by atoms with E-state index in [1.807, 2.05) is 13.0 Å². The number of carbonyl (C=O) groups excluding carboxylic acids is 1. The zero-order valence-corrected chi connectivity index (χ0v) is 13.0. The molecule has 0 aliphatic heterocycles. The van der Waals surface area contributed by atoms with E-state index < -0.39 is 0 Å². The van der Waals surface area contributed by atoms with Gasteiger partial charge in [0, 0.05) is 15.5 Å². The Hall–Kier alpha value is -0.520. The SMILES string of the molecule is COC(=O)c1ccc(CSC(C)C(C)O)c(Br)c1. The molecule has 3 nitrogen and oxygen atoms in total. The minimum absolute atomic E-state index is 0.178. The van der Waals surface area contributed by atoms with Gasteiger partial charge in [-0.2, -0.15) is 11.8 Å². The summed E-state index contributed by atoms with van der Waals surface area (Å²) in [6.07, 6.45) is -0.330. The van der Waals surface area contributed by atoms with Gasteiger partial charge >= 0.3 is 5.97 Å². The Labute approximate surface area is 120 Å². The van der Waals surface area contributed by atoms with Crippen LogP contribution in [0.5, 0.6) is 0 Å². The molecule has 1 aromatic rings. The summed E-state index contributed by atoms with van der Waals surface area (Å²) in [5, 5.41) is 9.60. The second-order valence-corrected chi connectivity index (χ2v) is 6.27. The summed E-state index contributed by atoms with van der Waals surface area (Å²) < 4.78 is 5.55. The largest absolute Gasteiger partial charge is 0.465 e. The normalized spacial score (nSPS) is 14.1. The highest BCUT2D eigenvalue weighted by Gasteiger charge is 2.12. The van der Waals surface area contributed by atoms with E-state index in [-0.39, 0.29) is 17.3 Å². The lowest BCUT2D eigenvalue weighted by Gasteiger charge is -2.14. The molecule has 0 fully saturated rings. The van der Waals surface area contributed by atoms with Gasteiger partial charge in [0.1, 0.15) is 0 Å².